The lowest BCUT2D eigenvalue weighted by Crippen LogP contribution is -2.35. The van der Waals surface area contributed by atoms with Gasteiger partial charge in [-0.3, -0.25) is 0 Å². The summed E-state index contributed by atoms with van der Waals surface area (Å²) in [4.78, 5) is 11.4. The minimum absolute atomic E-state index is 0.236. The first-order valence-electron chi connectivity index (χ1n) is 6.73. The molecule has 4 heteroatoms. The van der Waals surface area contributed by atoms with Crippen molar-refractivity contribution in [3.63, 3.8) is 0 Å². The first-order chi connectivity index (χ1) is 8.24. The lowest BCUT2D eigenvalue weighted by atomic mass is 10.1. The SMILES string of the molecule is CCCCOC(=O)NC(CC)CCCCCCl. The van der Waals surface area contributed by atoms with Gasteiger partial charge >= 0.3 is 6.09 Å². The fourth-order valence-corrected chi connectivity index (χ4v) is 1.75. The molecule has 0 heterocycles. The third kappa shape index (κ3) is 10.4. The number of carbonyl (C=O) groups excluding carboxylic acids is 1. The first kappa shape index (κ1) is 16.6. The van der Waals surface area contributed by atoms with Gasteiger partial charge in [0.25, 0.3) is 0 Å². The largest absolute Gasteiger partial charge is 0.450 e. The summed E-state index contributed by atoms with van der Waals surface area (Å²) < 4.78 is 5.07. The van der Waals surface area contributed by atoms with Gasteiger partial charge in [-0.15, -0.1) is 11.6 Å². The van der Waals surface area contributed by atoms with Crippen molar-refractivity contribution in [2.75, 3.05) is 12.5 Å². The molecule has 1 amide bonds. The van der Waals surface area contributed by atoms with Crippen LogP contribution in [-0.2, 0) is 4.74 Å². The van der Waals surface area contributed by atoms with E-state index in [4.69, 9.17) is 16.3 Å². The van der Waals surface area contributed by atoms with Crippen molar-refractivity contribution in [3.8, 4) is 0 Å². The summed E-state index contributed by atoms with van der Waals surface area (Å²) in [7, 11) is 0. The Labute approximate surface area is 110 Å². The predicted octanol–water partition coefficient (Wildman–Crippen LogP) is 4.09. The highest BCUT2D eigenvalue weighted by molar-refractivity contribution is 6.17. The van der Waals surface area contributed by atoms with E-state index in [-0.39, 0.29) is 12.1 Å². The first-order valence-corrected chi connectivity index (χ1v) is 7.27. The van der Waals surface area contributed by atoms with Crippen molar-refractivity contribution < 1.29 is 9.53 Å². The van der Waals surface area contributed by atoms with E-state index in [1.165, 1.54) is 0 Å². The maximum Gasteiger partial charge on any atom is 0.407 e. The summed E-state index contributed by atoms with van der Waals surface area (Å²) >= 11 is 5.62. The monoisotopic (exact) mass is 263 g/mol. The Kier molecular flexibility index (Phi) is 11.7. The number of unbranched alkanes of at least 4 members (excludes halogenated alkanes) is 3. The summed E-state index contributed by atoms with van der Waals surface area (Å²) in [5.74, 6) is 0.725. The fraction of sp³-hybridized carbons (Fsp3) is 0.923. The number of hydrogen-bond acceptors (Lipinski definition) is 2. The highest BCUT2D eigenvalue weighted by atomic mass is 35.5. The summed E-state index contributed by atoms with van der Waals surface area (Å²) in [6.45, 7) is 4.68. The van der Waals surface area contributed by atoms with Gasteiger partial charge in [-0.25, -0.2) is 4.79 Å². The number of alkyl carbamates (subject to hydrolysis) is 1. The van der Waals surface area contributed by atoms with E-state index in [0.717, 1.165) is 50.8 Å². The second kappa shape index (κ2) is 12.0. The molecule has 0 radical (unpaired) electrons. The van der Waals surface area contributed by atoms with Crippen LogP contribution in [0.2, 0.25) is 0 Å². The number of hydrogen-bond donors (Lipinski definition) is 1. The van der Waals surface area contributed by atoms with Gasteiger partial charge in [0.15, 0.2) is 0 Å². The highest BCUT2D eigenvalue weighted by Crippen LogP contribution is 2.07. The van der Waals surface area contributed by atoms with E-state index in [1.807, 2.05) is 0 Å². The Balaban J connectivity index is 3.60. The second-order valence-corrected chi connectivity index (χ2v) is 4.66. The third-order valence-corrected chi connectivity index (χ3v) is 3.00. The summed E-state index contributed by atoms with van der Waals surface area (Å²) in [5, 5.41) is 2.91. The molecule has 0 bridgehead atoms. The van der Waals surface area contributed by atoms with E-state index >= 15 is 0 Å². The molecule has 0 spiro atoms. The van der Waals surface area contributed by atoms with E-state index in [9.17, 15) is 4.79 Å². The molecule has 0 aromatic carbocycles. The number of alkyl halides is 1. The van der Waals surface area contributed by atoms with Crippen LogP contribution in [0.4, 0.5) is 4.79 Å². The number of halogens is 1. The quantitative estimate of drug-likeness (QED) is 0.476. The van der Waals surface area contributed by atoms with Crippen LogP contribution in [0.25, 0.3) is 0 Å². The van der Waals surface area contributed by atoms with Crippen LogP contribution in [0.15, 0.2) is 0 Å². The average molecular weight is 264 g/mol. The molecule has 0 saturated carbocycles. The van der Waals surface area contributed by atoms with Crippen LogP contribution in [0.1, 0.15) is 58.8 Å². The lowest BCUT2D eigenvalue weighted by molar-refractivity contribution is 0.139. The van der Waals surface area contributed by atoms with Crippen LogP contribution in [0.5, 0.6) is 0 Å². The van der Waals surface area contributed by atoms with Gasteiger partial charge < -0.3 is 10.1 Å². The molecular weight excluding hydrogens is 238 g/mol. The minimum atomic E-state index is -0.275. The zero-order chi connectivity index (χ0) is 12.9. The zero-order valence-electron chi connectivity index (χ0n) is 11.1. The van der Waals surface area contributed by atoms with E-state index < -0.39 is 0 Å². The zero-order valence-corrected chi connectivity index (χ0v) is 11.9. The summed E-state index contributed by atoms with van der Waals surface area (Å²) in [5.41, 5.74) is 0. The highest BCUT2D eigenvalue weighted by Gasteiger charge is 2.10. The molecular formula is C13H26ClNO2. The Morgan fingerprint density at radius 3 is 2.59 bits per heavy atom. The molecule has 0 saturated heterocycles. The molecule has 17 heavy (non-hydrogen) atoms. The van der Waals surface area contributed by atoms with Gasteiger partial charge in [0.05, 0.1) is 6.61 Å². The molecule has 0 fully saturated rings. The topological polar surface area (TPSA) is 38.3 Å². The number of carbonyl (C=O) groups is 1. The molecule has 3 nitrogen and oxygen atoms in total. The standard InChI is InChI=1S/C13H26ClNO2/c1-3-5-11-17-13(16)15-12(4-2)9-7-6-8-10-14/h12H,3-11H2,1-2H3,(H,15,16). The molecule has 0 aliphatic carbocycles. The fourth-order valence-electron chi connectivity index (χ4n) is 1.56. The van der Waals surface area contributed by atoms with Gasteiger partial charge in [0.2, 0.25) is 0 Å². The Morgan fingerprint density at radius 1 is 1.24 bits per heavy atom. The van der Waals surface area contributed by atoms with Gasteiger partial charge in [0.1, 0.15) is 0 Å². The average Bonchev–Trinajstić information content (AvgIpc) is 2.33. The molecule has 0 aromatic heterocycles. The van der Waals surface area contributed by atoms with Crippen LogP contribution >= 0.6 is 11.6 Å². The Hall–Kier alpha value is -0.440. The number of amides is 1. The van der Waals surface area contributed by atoms with Gasteiger partial charge in [-0.1, -0.05) is 33.1 Å². The third-order valence-electron chi connectivity index (χ3n) is 2.73. The van der Waals surface area contributed by atoms with Crippen molar-refractivity contribution in [2.24, 2.45) is 0 Å². The normalized spacial score (nSPS) is 12.2. The van der Waals surface area contributed by atoms with E-state index in [2.05, 4.69) is 19.2 Å². The Morgan fingerprint density at radius 2 is 2.00 bits per heavy atom. The maximum atomic E-state index is 11.4. The minimum Gasteiger partial charge on any atom is -0.450 e. The Bertz CT molecular complexity index is 188. The van der Waals surface area contributed by atoms with Crippen molar-refractivity contribution in [2.45, 2.75) is 64.8 Å². The number of nitrogens with one attached hydrogen (secondary N) is 1. The van der Waals surface area contributed by atoms with Crippen molar-refractivity contribution in [1.82, 2.24) is 5.32 Å². The van der Waals surface area contributed by atoms with Crippen LogP contribution in [-0.4, -0.2) is 24.6 Å². The lowest BCUT2D eigenvalue weighted by Gasteiger charge is -2.16. The van der Waals surface area contributed by atoms with Crippen LogP contribution in [0, 0.1) is 0 Å². The summed E-state index contributed by atoms with van der Waals surface area (Å²) in [6.07, 6.45) is 6.96. The molecule has 0 aliphatic rings. The van der Waals surface area contributed by atoms with E-state index in [1.54, 1.807) is 0 Å². The second-order valence-electron chi connectivity index (χ2n) is 4.28. The molecule has 1 unspecified atom stereocenters. The number of ether oxygens (including phenoxy) is 1. The van der Waals surface area contributed by atoms with Crippen molar-refractivity contribution in [3.05, 3.63) is 0 Å². The maximum absolute atomic E-state index is 11.4. The van der Waals surface area contributed by atoms with Gasteiger partial charge in [-0.2, -0.15) is 0 Å². The van der Waals surface area contributed by atoms with Crippen LogP contribution < -0.4 is 5.32 Å². The summed E-state index contributed by atoms with van der Waals surface area (Å²) in [6, 6.07) is 0.236. The van der Waals surface area contributed by atoms with Gasteiger partial charge in [0, 0.05) is 11.9 Å². The molecule has 0 rings (SSSR count). The molecule has 1 atom stereocenters. The van der Waals surface area contributed by atoms with Crippen molar-refractivity contribution >= 4 is 17.7 Å². The van der Waals surface area contributed by atoms with Crippen molar-refractivity contribution in [1.29, 1.82) is 0 Å². The molecule has 102 valence electrons. The van der Waals surface area contributed by atoms with Gasteiger partial charge in [-0.05, 0) is 25.7 Å². The smallest absolute Gasteiger partial charge is 0.407 e. The van der Waals surface area contributed by atoms with E-state index in [0.29, 0.717) is 6.61 Å². The number of rotatable bonds is 10. The molecule has 0 aliphatic heterocycles. The predicted molar refractivity (Wildman–Crippen MR) is 72.7 cm³/mol. The van der Waals surface area contributed by atoms with Crippen LogP contribution in [0.3, 0.4) is 0 Å². The molecule has 1 N–H and O–H groups in total. The molecule has 0 aromatic rings.